The Kier molecular flexibility index (Phi) is 5.26. The van der Waals surface area contributed by atoms with Crippen molar-refractivity contribution in [1.82, 2.24) is 0 Å². The molecule has 0 atom stereocenters. The number of hydrogen-bond acceptors (Lipinski definition) is 1. The quantitative estimate of drug-likeness (QED) is 0.258. The molecule has 35 heavy (non-hydrogen) atoms. The molecule has 0 N–H and O–H groups in total. The first kappa shape index (κ1) is 21.4. The van der Waals surface area contributed by atoms with Crippen LogP contribution in [0.5, 0.6) is 0 Å². The van der Waals surface area contributed by atoms with E-state index >= 15 is 0 Å². The smallest absolute Gasteiger partial charge is 0.0508 e. The van der Waals surface area contributed by atoms with Gasteiger partial charge in [0.25, 0.3) is 0 Å². The van der Waals surface area contributed by atoms with Gasteiger partial charge in [0.2, 0.25) is 0 Å². The molecule has 170 valence electrons. The van der Waals surface area contributed by atoms with Crippen molar-refractivity contribution >= 4 is 17.1 Å². The molecule has 0 heterocycles. The molecule has 5 aromatic carbocycles. The van der Waals surface area contributed by atoms with Gasteiger partial charge in [-0.2, -0.15) is 0 Å². The number of para-hydroxylation sites is 2. The van der Waals surface area contributed by atoms with Gasteiger partial charge in [-0.3, -0.25) is 0 Å². The normalized spacial score (nSPS) is 13.2. The lowest BCUT2D eigenvalue weighted by Gasteiger charge is -2.33. The van der Waals surface area contributed by atoms with Crippen LogP contribution >= 0.6 is 0 Å². The van der Waals surface area contributed by atoms with Crippen molar-refractivity contribution in [1.29, 1.82) is 0 Å². The maximum atomic E-state index is 2.46. The maximum absolute atomic E-state index is 2.46. The summed E-state index contributed by atoms with van der Waals surface area (Å²) in [5.41, 5.74) is 11.7. The fraction of sp³-hybridized carbons (Fsp3) is 0.118. The zero-order chi connectivity index (χ0) is 23.8. The lowest BCUT2D eigenvalue weighted by Crippen LogP contribution is -2.21. The van der Waals surface area contributed by atoms with Crippen LogP contribution in [0, 0.1) is 0 Å². The second-order valence-corrected chi connectivity index (χ2v) is 9.83. The van der Waals surface area contributed by atoms with E-state index in [0.717, 1.165) is 6.42 Å². The van der Waals surface area contributed by atoms with E-state index in [-0.39, 0.29) is 5.41 Å². The van der Waals surface area contributed by atoms with Gasteiger partial charge in [-0.25, -0.2) is 0 Å². The van der Waals surface area contributed by atoms with Gasteiger partial charge in [-0.1, -0.05) is 117 Å². The Morgan fingerprint density at radius 1 is 0.543 bits per heavy atom. The molecule has 1 aliphatic carbocycles. The third-order valence-corrected chi connectivity index (χ3v) is 7.28. The monoisotopic (exact) mass is 451 g/mol. The van der Waals surface area contributed by atoms with Gasteiger partial charge in [0.05, 0.1) is 5.69 Å². The Hall–Kier alpha value is -4.10. The van der Waals surface area contributed by atoms with Gasteiger partial charge in [-0.15, -0.1) is 0 Å². The second-order valence-electron chi connectivity index (χ2n) is 9.83. The van der Waals surface area contributed by atoms with Crippen molar-refractivity contribution in [3.8, 4) is 11.1 Å². The van der Waals surface area contributed by atoms with Crippen LogP contribution < -0.4 is 4.90 Å². The van der Waals surface area contributed by atoms with Crippen LogP contribution in [-0.4, -0.2) is 0 Å². The summed E-state index contributed by atoms with van der Waals surface area (Å²) >= 11 is 0. The Balaban J connectivity index is 1.59. The van der Waals surface area contributed by atoms with Crippen LogP contribution in [0.1, 0.15) is 36.1 Å². The molecular formula is C34H29N. The molecule has 0 saturated heterocycles. The summed E-state index contributed by atoms with van der Waals surface area (Å²) in [5.74, 6) is 0. The molecular weight excluding hydrogens is 422 g/mol. The molecule has 0 amide bonds. The van der Waals surface area contributed by atoms with E-state index in [1.54, 1.807) is 0 Å². The molecule has 0 spiro atoms. The minimum Gasteiger partial charge on any atom is -0.310 e. The number of anilines is 3. The van der Waals surface area contributed by atoms with E-state index in [9.17, 15) is 0 Å². The Labute approximate surface area is 208 Å². The zero-order valence-corrected chi connectivity index (χ0v) is 20.3. The fourth-order valence-electron chi connectivity index (χ4n) is 5.68. The van der Waals surface area contributed by atoms with Crippen LogP contribution in [-0.2, 0) is 11.8 Å². The van der Waals surface area contributed by atoms with Crippen LogP contribution in [0.15, 0.2) is 127 Å². The molecule has 6 rings (SSSR count). The number of fused-ring (bicyclic) bond motifs is 3. The molecule has 1 aliphatic rings. The van der Waals surface area contributed by atoms with E-state index in [2.05, 4.69) is 146 Å². The van der Waals surface area contributed by atoms with Gasteiger partial charge in [-0.05, 0) is 64.1 Å². The van der Waals surface area contributed by atoms with Crippen LogP contribution in [0.3, 0.4) is 0 Å². The minimum absolute atomic E-state index is 0.0933. The molecule has 0 aromatic heterocycles. The largest absolute Gasteiger partial charge is 0.310 e. The topological polar surface area (TPSA) is 3.24 Å². The molecule has 1 nitrogen and oxygen atoms in total. The Bertz CT molecular complexity index is 1480. The van der Waals surface area contributed by atoms with E-state index in [1.807, 2.05) is 0 Å². The Morgan fingerprint density at radius 3 is 1.94 bits per heavy atom. The third-order valence-electron chi connectivity index (χ3n) is 7.28. The average molecular weight is 452 g/mol. The first-order valence-corrected chi connectivity index (χ1v) is 12.3. The third kappa shape index (κ3) is 3.65. The van der Waals surface area contributed by atoms with E-state index in [1.165, 1.54) is 50.4 Å². The van der Waals surface area contributed by atoms with Crippen molar-refractivity contribution in [2.45, 2.75) is 25.7 Å². The van der Waals surface area contributed by atoms with Gasteiger partial charge in [0, 0.05) is 16.8 Å². The fourth-order valence-corrected chi connectivity index (χ4v) is 5.68. The first-order chi connectivity index (χ1) is 17.1. The van der Waals surface area contributed by atoms with Crippen molar-refractivity contribution in [3.05, 3.63) is 150 Å². The van der Waals surface area contributed by atoms with Gasteiger partial charge in [0.15, 0.2) is 0 Å². The highest BCUT2D eigenvalue weighted by Gasteiger charge is 2.38. The maximum Gasteiger partial charge on any atom is 0.0508 e. The SMILES string of the molecule is CC1(C)c2ccccc2-c2cccc(N(c3ccccc3)c3ccccc3Cc3ccccc3)c21. The number of nitrogens with zero attached hydrogens (tertiary/aromatic N) is 1. The van der Waals surface area contributed by atoms with Crippen molar-refractivity contribution in [3.63, 3.8) is 0 Å². The summed E-state index contributed by atoms with van der Waals surface area (Å²) in [6.07, 6.45) is 0.888. The van der Waals surface area contributed by atoms with Crippen LogP contribution in [0.25, 0.3) is 11.1 Å². The average Bonchev–Trinajstić information content (AvgIpc) is 3.14. The first-order valence-electron chi connectivity index (χ1n) is 12.3. The van der Waals surface area contributed by atoms with Crippen LogP contribution in [0.4, 0.5) is 17.1 Å². The molecule has 0 unspecified atom stereocenters. The highest BCUT2D eigenvalue weighted by Crippen LogP contribution is 2.54. The summed E-state index contributed by atoms with van der Waals surface area (Å²) in [6, 6.07) is 46.0. The summed E-state index contributed by atoms with van der Waals surface area (Å²) < 4.78 is 0. The minimum atomic E-state index is -0.0933. The summed E-state index contributed by atoms with van der Waals surface area (Å²) in [6.45, 7) is 4.72. The molecule has 0 fully saturated rings. The highest BCUT2D eigenvalue weighted by molar-refractivity contribution is 5.91. The zero-order valence-electron chi connectivity index (χ0n) is 20.3. The van der Waals surface area contributed by atoms with Gasteiger partial charge < -0.3 is 4.90 Å². The predicted molar refractivity (Wildman–Crippen MR) is 148 cm³/mol. The molecule has 5 aromatic rings. The van der Waals surface area contributed by atoms with E-state index in [4.69, 9.17) is 0 Å². The molecule has 1 heteroatoms. The number of benzene rings is 5. The summed E-state index contributed by atoms with van der Waals surface area (Å²) in [5, 5.41) is 0. The lowest BCUT2D eigenvalue weighted by molar-refractivity contribution is 0.660. The predicted octanol–water partition coefficient (Wildman–Crippen LogP) is 9.05. The van der Waals surface area contributed by atoms with Gasteiger partial charge in [0.1, 0.15) is 0 Å². The number of hydrogen-bond donors (Lipinski definition) is 0. The molecule has 0 bridgehead atoms. The van der Waals surface area contributed by atoms with Crippen molar-refractivity contribution in [2.75, 3.05) is 4.90 Å². The Morgan fingerprint density at radius 2 is 1.14 bits per heavy atom. The molecule has 0 aliphatic heterocycles. The van der Waals surface area contributed by atoms with Crippen molar-refractivity contribution < 1.29 is 0 Å². The number of rotatable bonds is 5. The van der Waals surface area contributed by atoms with E-state index < -0.39 is 0 Å². The highest BCUT2D eigenvalue weighted by atomic mass is 15.1. The molecule has 0 saturated carbocycles. The molecule has 0 radical (unpaired) electrons. The summed E-state index contributed by atoms with van der Waals surface area (Å²) in [7, 11) is 0. The lowest BCUT2D eigenvalue weighted by atomic mass is 9.81. The summed E-state index contributed by atoms with van der Waals surface area (Å²) in [4.78, 5) is 2.46. The second kappa shape index (κ2) is 8.60. The van der Waals surface area contributed by atoms with Gasteiger partial charge >= 0.3 is 0 Å². The van der Waals surface area contributed by atoms with Crippen molar-refractivity contribution in [2.24, 2.45) is 0 Å². The van der Waals surface area contributed by atoms with E-state index in [0.29, 0.717) is 0 Å². The van der Waals surface area contributed by atoms with Crippen LogP contribution in [0.2, 0.25) is 0 Å². The standard InChI is InChI=1S/C34H29N/c1-34(2)30-21-11-10-19-28(30)29-20-13-23-32(33(29)34)35(27-17-7-4-8-18-27)31-22-12-9-16-26(31)24-25-14-5-3-6-15-25/h3-23H,24H2,1-2H3.